The molecule has 0 radical (unpaired) electrons. The Morgan fingerprint density at radius 1 is 0.667 bits per heavy atom. The molecular formula is C26H15NO3. The Bertz CT molecular complexity index is 1630. The number of nitro groups is 1. The lowest BCUT2D eigenvalue weighted by molar-refractivity contribution is -0.384. The van der Waals surface area contributed by atoms with Crippen molar-refractivity contribution >= 4 is 49.2 Å². The first kappa shape index (κ1) is 16.7. The van der Waals surface area contributed by atoms with Crippen molar-refractivity contribution in [3.8, 4) is 11.1 Å². The molecule has 4 heteroatoms. The van der Waals surface area contributed by atoms with Crippen LogP contribution in [0.2, 0.25) is 0 Å². The normalized spacial score (nSPS) is 11.6. The van der Waals surface area contributed by atoms with E-state index in [0.29, 0.717) is 5.56 Å². The fourth-order valence-corrected chi connectivity index (χ4v) is 4.45. The van der Waals surface area contributed by atoms with Crippen molar-refractivity contribution in [2.45, 2.75) is 0 Å². The number of benzene rings is 5. The molecule has 0 saturated carbocycles. The maximum atomic E-state index is 11.5. The fourth-order valence-electron chi connectivity index (χ4n) is 4.45. The summed E-state index contributed by atoms with van der Waals surface area (Å²) < 4.78 is 6.31. The zero-order valence-electron chi connectivity index (χ0n) is 15.8. The molecule has 0 fully saturated rings. The zero-order valence-corrected chi connectivity index (χ0v) is 15.8. The highest BCUT2D eigenvalue weighted by Crippen LogP contribution is 2.42. The molecule has 30 heavy (non-hydrogen) atoms. The Balaban J connectivity index is 1.78. The van der Waals surface area contributed by atoms with Gasteiger partial charge in [-0.15, -0.1) is 0 Å². The summed E-state index contributed by atoms with van der Waals surface area (Å²) in [6, 6.07) is 29.2. The van der Waals surface area contributed by atoms with Gasteiger partial charge in [-0.25, -0.2) is 0 Å². The summed E-state index contributed by atoms with van der Waals surface area (Å²) in [4.78, 5) is 11.2. The lowest BCUT2D eigenvalue weighted by Gasteiger charge is -2.06. The highest BCUT2D eigenvalue weighted by molar-refractivity contribution is 6.30. The molecule has 0 aliphatic heterocycles. The van der Waals surface area contributed by atoms with Gasteiger partial charge in [-0.2, -0.15) is 0 Å². The largest absolute Gasteiger partial charge is 0.455 e. The number of rotatable bonds is 2. The molecule has 142 valence electrons. The van der Waals surface area contributed by atoms with Gasteiger partial charge in [0.05, 0.1) is 10.5 Å². The third kappa shape index (κ3) is 2.28. The summed E-state index contributed by atoms with van der Waals surface area (Å²) >= 11 is 0. The van der Waals surface area contributed by atoms with Gasteiger partial charge in [0.2, 0.25) is 0 Å². The second-order valence-electron chi connectivity index (χ2n) is 7.38. The number of hydrogen-bond donors (Lipinski definition) is 0. The van der Waals surface area contributed by atoms with Crippen molar-refractivity contribution in [2.75, 3.05) is 0 Å². The maximum absolute atomic E-state index is 11.5. The van der Waals surface area contributed by atoms with Crippen LogP contribution in [0, 0.1) is 10.1 Å². The lowest BCUT2D eigenvalue weighted by atomic mass is 9.95. The Morgan fingerprint density at radius 2 is 1.30 bits per heavy atom. The van der Waals surface area contributed by atoms with Crippen molar-refractivity contribution in [1.29, 1.82) is 0 Å². The van der Waals surface area contributed by atoms with Gasteiger partial charge >= 0.3 is 0 Å². The molecule has 4 nitrogen and oxygen atoms in total. The molecule has 0 unspecified atom stereocenters. The van der Waals surface area contributed by atoms with E-state index in [4.69, 9.17) is 4.42 Å². The van der Waals surface area contributed by atoms with E-state index in [-0.39, 0.29) is 10.6 Å². The molecule has 1 aromatic heterocycles. The van der Waals surface area contributed by atoms with Crippen LogP contribution in [0.25, 0.3) is 54.6 Å². The average Bonchev–Trinajstić information content (AvgIpc) is 3.18. The predicted octanol–water partition coefficient (Wildman–Crippen LogP) is 7.47. The first-order valence-electron chi connectivity index (χ1n) is 9.72. The third-order valence-electron chi connectivity index (χ3n) is 5.76. The zero-order chi connectivity index (χ0) is 20.2. The van der Waals surface area contributed by atoms with Crippen LogP contribution >= 0.6 is 0 Å². The van der Waals surface area contributed by atoms with Crippen molar-refractivity contribution < 1.29 is 9.34 Å². The minimum absolute atomic E-state index is 0.0972. The van der Waals surface area contributed by atoms with Crippen LogP contribution in [-0.4, -0.2) is 4.92 Å². The van der Waals surface area contributed by atoms with Crippen LogP contribution in [0.5, 0.6) is 0 Å². The summed E-state index contributed by atoms with van der Waals surface area (Å²) in [7, 11) is 0. The van der Waals surface area contributed by atoms with E-state index in [9.17, 15) is 10.1 Å². The van der Waals surface area contributed by atoms with Crippen LogP contribution in [0.1, 0.15) is 0 Å². The van der Waals surface area contributed by atoms with E-state index in [1.807, 2.05) is 48.5 Å². The summed E-state index contributed by atoms with van der Waals surface area (Å²) in [5.74, 6) is 0. The molecule has 0 spiro atoms. The summed E-state index contributed by atoms with van der Waals surface area (Å²) in [5, 5.41) is 18.0. The van der Waals surface area contributed by atoms with Gasteiger partial charge in [-0.05, 0) is 39.9 Å². The maximum Gasteiger partial charge on any atom is 0.277 e. The molecule has 6 aromatic rings. The van der Waals surface area contributed by atoms with Gasteiger partial charge < -0.3 is 4.42 Å². The second kappa shape index (κ2) is 6.16. The van der Waals surface area contributed by atoms with Gasteiger partial charge in [0.1, 0.15) is 11.2 Å². The highest BCUT2D eigenvalue weighted by atomic mass is 16.6. The molecule has 1 heterocycles. The second-order valence-corrected chi connectivity index (χ2v) is 7.38. The fraction of sp³-hybridized carbons (Fsp3) is 0. The Kier molecular flexibility index (Phi) is 3.44. The molecule has 0 atom stereocenters. The molecule has 0 bridgehead atoms. The van der Waals surface area contributed by atoms with Gasteiger partial charge in [0.25, 0.3) is 5.69 Å². The molecule has 0 amide bonds. The molecule has 0 N–H and O–H groups in total. The number of para-hydroxylation sites is 1. The van der Waals surface area contributed by atoms with Gasteiger partial charge in [-0.3, -0.25) is 10.1 Å². The lowest BCUT2D eigenvalue weighted by Crippen LogP contribution is -1.91. The highest BCUT2D eigenvalue weighted by Gasteiger charge is 2.18. The van der Waals surface area contributed by atoms with E-state index >= 15 is 0 Å². The number of hydrogen-bond acceptors (Lipinski definition) is 3. The van der Waals surface area contributed by atoms with Crippen molar-refractivity contribution in [3.63, 3.8) is 0 Å². The minimum Gasteiger partial charge on any atom is -0.455 e. The van der Waals surface area contributed by atoms with Gasteiger partial charge in [-0.1, -0.05) is 66.7 Å². The standard InChI is InChI=1S/C26H15NO3/c28-27(29)23-12-6-5-7-17(23)16-13-14-24-22(15-16)25-20-10-3-1-8-18(20)19-9-2-4-11-21(19)26(25)30-24/h1-15H. The van der Waals surface area contributed by atoms with Crippen molar-refractivity contribution in [3.05, 3.63) is 101 Å². The Labute approximate surface area is 171 Å². The molecule has 0 aliphatic rings. The Hall–Kier alpha value is -4.18. The number of furan rings is 1. The van der Waals surface area contributed by atoms with Crippen molar-refractivity contribution in [2.24, 2.45) is 0 Å². The first-order valence-corrected chi connectivity index (χ1v) is 9.72. The smallest absolute Gasteiger partial charge is 0.277 e. The number of fused-ring (bicyclic) bond motifs is 8. The van der Waals surface area contributed by atoms with Gasteiger partial charge in [0, 0.05) is 22.2 Å². The Morgan fingerprint density at radius 3 is 2.07 bits per heavy atom. The quantitative estimate of drug-likeness (QED) is 0.175. The molecule has 0 saturated heterocycles. The predicted molar refractivity (Wildman–Crippen MR) is 121 cm³/mol. The van der Waals surface area contributed by atoms with E-state index in [1.54, 1.807) is 12.1 Å². The molecular weight excluding hydrogens is 374 g/mol. The van der Waals surface area contributed by atoms with E-state index in [2.05, 4.69) is 24.3 Å². The van der Waals surface area contributed by atoms with E-state index < -0.39 is 0 Å². The number of nitrogens with zero attached hydrogens (tertiary/aromatic N) is 1. The van der Waals surface area contributed by atoms with Crippen LogP contribution < -0.4 is 0 Å². The van der Waals surface area contributed by atoms with Crippen molar-refractivity contribution in [1.82, 2.24) is 0 Å². The van der Waals surface area contributed by atoms with Crippen LogP contribution in [0.15, 0.2) is 95.4 Å². The average molecular weight is 389 g/mol. The third-order valence-corrected chi connectivity index (χ3v) is 5.76. The van der Waals surface area contributed by atoms with E-state index in [1.165, 1.54) is 11.5 Å². The van der Waals surface area contributed by atoms with Gasteiger partial charge in [0.15, 0.2) is 0 Å². The summed E-state index contributed by atoms with van der Waals surface area (Å²) in [6.07, 6.45) is 0. The van der Waals surface area contributed by atoms with Crippen LogP contribution in [-0.2, 0) is 0 Å². The monoisotopic (exact) mass is 389 g/mol. The minimum atomic E-state index is -0.337. The summed E-state index contributed by atoms with van der Waals surface area (Å²) in [5.41, 5.74) is 3.12. The first-order chi connectivity index (χ1) is 14.7. The molecule has 5 aromatic carbocycles. The summed E-state index contributed by atoms with van der Waals surface area (Å²) in [6.45, 7) is 0. The van der Waals surface area contributed by atoms with Crippen LogP contribution in [0.3, 0.4) is 0 Å². The van der Waals surface area contributed by atoms with Crippen LogP contribution in [0.4, 0.5) is 5.69 Å². The van der Waals surface area contributed by atoms with E-state index in [0.717, 1.165) is 43.7 Å². The SMILES string of the molecule is O=[N+]([O-])c1ccccc1-c1ccc2oc3c4ccccc4c4ccccc4c3c2c1. The topological polar surface area (TPSA) is 56.3 Å². The molecule has 6 rings (SSSR count). The number of nitro benzene ring substituents is 1. The molecule has 0 aliphatic carbocycles.